The molecule has 0 atom stereocenters. The summed E-state index contributed by atoms with van der Waals surface area (Å²) in [6.07, 6.45) is 2.01. The summed E-state index contributed by atoms with van der Waals surface area (Å²) in [6, 6.07) is 0. The van der Waals surface area contributed by atoms with Crippen LogP contribution in [0, 0.1) is 0 Å². The molecule has 0 aliphatic carbocycles. The first-order valence-electron chi connectivity index (χ1n) is 2.54. The van der Waals surface area contributed by atoms with Gasteiger partial charge < -0.3 is 0 Å². The standard InChI is InChI=1S/C6H11NS/c1-4-5(2)6(3)7-8/h4,8H,1-3H3/b5-4-,7-6?. The van der Waals surface area contributed by atoms with Gasteiger partial charge >= 0.3 is 0 Å². The normalized spacial score (nSPS) is 14.5. The van der Waals surface area contributed by atoms with Crippen molar-refractivity contribution in [3.05, 3.63) is 11.6 Å². The van der Waals surface area contributed by atoms with E-state index >= 15 is 0 Å². The van der Waals surface area contributed by atoms with Gasteiger partial charge in [0.1, 0.15) is 0 Å². The first kappa shape index (κ1) is 7.76. The number of thiol groups is 1. The summed E-state index contributed by atoms with van der Waals surface area (Å²) in [5.41, 5.74) is 2.16. The van der Waals surface area contributed by atoms with E-state index in [4.69, 9.17) is 0 Å². The third-order valence-electron chi connectivity index (χ3n) is 1.15. The molecule has 0 spiro atoms. The molecule has 0 saturated heterocycles. The monoisotopic (exact) mass is 129 g/mol. The van der Waals surface area contributed by atoms with Crippen molar-refractivity contribution in [1.29, 1.82) is 0 Å². The fourth-order valence-corrected chi connectivity index (χ4v) is 0.445. The predicted molar refractivity (Wildman–Crippen MR) is 41.5 cm³/mol. The maximum absolute atomic E-state index is 3.76. The average Bonchev–Trinajstić information content (AvgIpc) is 1.84. The molecule has 8 heavy (non-hydrogen) atoms. The molecular formula is C6H11NS. The Morgan fingerprint density at radius 2 is 2.00 bits per heavy atom. The van der Waals surface area contributed by atoms with Crippen LogP contribution in [-0.2, 0) is 0 Å². The lowest BCUT2D eigenvalue weighted by atomic mass is 10.2. The fraction of sp³-hybridized carbons (Fsp3) is 0.500. The largest absolute Gasteiger partial charge is 0.224 e. The van der Waals surface area contributed by atoms with Crippen LogP contribution in [0.15, 0.2) is 16.0 Å². The molecule has 0 radical (unpaired) electrons. The maximum atomic E-state index is 3.76. The lowest BCUT2D eigenvalue weighted by Crippen LogP contribution is -1.88. The second-order valence-corrected chi connectivity index (χ2v) is 1.86. The second-order valence-electron chi connectivity index (χ2n) is 1.66. The van der Waals surface area contributed by atoms with Crippen molar-refractivity contribution in [1.82, 2.24) is 0 Å². The van der Waals surface area contributed by atoms with Crippen molar-refractivity contribution in [3.63, 3.8) is 0 Å². The van der Waals surface area contributed by atoms with Gasteiger partial charge in [-0.15, -0.1) is 0 Å². The molecule has 0 aliphatic heterocycles. The highest BCUT2D eigenvalue weighted by molar-refractivity contribution is 7.79. The van der Waals surface area contributed by atoms with Crippen molar-refractivity contribution in [2.75, 3.05) is 0 Å². The summed E-state index contributed by atoms with van der Waals surface area (Å²) < 4.78 is 3.70. The van der Waals surface area contributed by atoms with Crippen LogP contribution in [-0.4, -0.2) is 5.71 Å². The molecule has 46 valence electrons. The van der Waals surface area contributed by atoms with Gasteiger partial charge in [0.05, 0.1) is 0 Å². The van der Waals surface area contributed by atoms with Crippen LogP contribution < -0.4 is 0 Å². The highest BCUT2D eigenvalue weighted by Gasteiger charge is 1.87. The minimum Gasteiger partial charge on any atom is -0.224 e. The van der Waals surface area contributed by atoms with Gasteiger partial charge in [0.25, 0.3) is 0 Å². The van der Waals surface area contributed by atoms with Gasteiger partial charge in [-0.2, -0.15) is 0 Å². The van der Waals surface area contributed by atoms with Crippen LogP contribution in [0.25, 0.3) is 0 Å². The van der Waals surface area contributed by atoms with E-state index in [0.29, 0.717) is 0 Å². The van der Waals surface area contributed by atoms with E-state index in [1.165, 1.54) is 5.57 Å². The molecule has 0 N–H and O–H groups in total. The van der Waals surface area contributed by atoms with Gasteiger partial charge in [-0.3, -0.25) is 0 Å². The van der Waals surface area contributed by atoms with E-state index in [1.807, 2.05) is 26.8 Å². The first-order valence-corrected chi connectivity index (χ1v) is 2.94. The summed E-state index contributed by atoms with van der Waals surface area (Å²) in [7, 11) is 0. The second kappa shape index (κ2) is 3.72. The van der Waals surface area contributed by atoms with E-state index in [2.05, 4.69) is 17.2 Å². The zero-order valence-electron chi connectivity index (χ0n) is 5.47. The van der Waals surface area contributed by atoms with E-state index < -0.39 is 0 Å². The van der Waals surface area contributed by atoms with Gasteiger partial charge in [0, 0.05) is 5.71 Å². The maximum Gasteiger partial charge on any atom is 0.0478 e. The van der Waals surface area contributed by atoms with Crippen molar-refractivity contribution in [2.45, 2.75) is 20.8 Å². The number of rotatable bonds is 1. The number of allylic oxidation sites excluding steroid dienone is 2. The molecule has 0 saturated carbocycles. The van der Waals surface area contributed by atoms with Crippen LogP contribution in [0.5, 0.6) is 0 Å². The van der Waals surface area contributed by atoms with Gasteiger partial charge in [-0.25, -0.2) is 4.40 Å². The Hall–Kier alpha value is -0.240. The summed E-state index contributed by atoms with van der Waals surface area (Å²) >= 11 is 3.76. The topological polar surface area (TPSA) is 12.4 Å². The summed E-state index contributed by atoms with van der Waals surface area (Å²) in [5, 5.41) is 0. The Morgan fingerprint density at radius 1 is 1.50 bits per heavy atom. The smallest absolute Gasteiger partial charge is 0.0478 e. The van der Waals surface area contributed by atoms with Crippen molar-refractivity contribution < 1.29 is 0 Å². The Kier molecular flexibility index (Phi) is 3.61. The fourth-order valence-electron chi connectivity index (χ4n) is 0.288. The molecule has 0 aliphatic rings. The highest BCUT2D eigenvalue weighted by Crippen LogP contribution is 1.96. The minimum atomic E-state index is 0.982. The molecule has 0 rings (SSSR count). The molecule has 0 fully saturated rings. The third-order valence-corrected chi connectivity index (χ3v) is 1.45. The SMILES string of the molecule is C/C=C(/C)C(C)=NS. The molecule has 0 amide bonds. The molecule has 0 unspecified atom stereocenters. The Morgan fingerprint density at radius 3 is 2.12 bits per heavy atom. The van der Waals surface area contributed by atoms with E-state index in [-0.39, 0.29) is 0 Å². The van der Waals surface area contributed by atoms with Crippen LogP contribution in [0.3, 0.4) is 0 Å². The van der Waals surface area contributed by atoms with E-state index in [0.717, 1.165) is 5.71 Å². The lowest BCUT2D eigenvalue weighted by molar-refractivity contribution is 1.50. The molecule has 2 heteroatoms. The highest BCUT2D eigenvalue weighted by atomic mass is 32.1. The van der Waals surface area contributed by atoms with Crippen LogP contribution in [0.2, 0.25) is 0 Å². The number of hydrogen-bond acceptors (Lipinski definition) is 2. The molecule has 0 aromatic carbocycles. The molecule has 0 heterocycles. The minimum absolute atomic E-state index is 0.982. The third kappa shape index (κ3) is 2.17. The Bertz CT molecular complexity index is 108. The Balaban J connectivity index is 4.04. The van der Waals surface area contributed by atoms with Crippen molar-refractivity contribution in [2.24, 2.45) is 4.40 Å². The zero-order valence-corrected chi connectivity index (χ0v) is 6.37. The quantitative estimate of drug-likeness (QED) is 0.412. The summed E-state index contributed by atoms with van der Waals surface area (Å²) in [6.45, 7) is 5.93. The molecule has 0 aromatic heterocycles. The predicted octanol–water partition coefficient (Wildman–Crippen LogP) is 2.26. The molecule has 1 nitrogen and oxygen atoms in total. The van der Waals surface area contributed by atoms with E-state index in [1.54, 1.807) is 0 Å². The number of nitrogens with zero attached hydrogens (tertiary/aromatic N) is 1. The molecular weight excluding hydrogens is 118 g/mol. The molecule has 0 bridgehead atoms. The average molecular weight is 129 g/mol. The van der Waals surface area contributed by atoms with E-state index in [9.17, 15) is 0 Å². The van der Waals surface area contributed by atoms with Crippen LogP contribution in [0.4, 0.5) is 0 Å². The molecule has 0 aromatic rings. The van der Waals surface area contributed by atoms with Crippen molar-refractivity contribution >= 4 is 18.5 Å². The van der Waals surface area contributed by atoms with Gasteiger partial charge in [0.2, 0.25) is 0 Å². The summed E-state index contributed by atoms with van der Waals surface area (Å²) in [4.78, 5) is 0. The van der Waals surface area contributed by atoms with Crippen LogP contribution in [0.1, 0.15) is 20.8 Å². The number of hydrogen-bond donors (Lipinski definition) is 1. The van der Waals surface area contributed by atoms with Gasteiger partial charge in [-0.05, 0) is 39.2 Å². The van der Waals surface area contributed by atoms with Gasteiger partial charge in [-0.1, -0.05) is 6.08 Å². The summed E-state index contributed by atoms with van der Waals surface area (Å²) in [5.74, 6) is 0. The lowest BCUT2D eigenvalue weighted by Gasteiger charge is -1.92. The first-order chi connectivity index (χ1) is 3.72. The van der Waals surface area contributed by atoms with Crippen molar-refractivity contribution in [3.8, 4) is 0 Å². The zero-order chi connectivity index (χ0) is 6.57. The Labute approximate surface area is 56.1 Å². The van der Waals surface area contributed by atoms with Gasteiger partial charge in [0.15, 0.2) is 0 Å². The van der Waals surface area contributed by atoms with Crippen LogP contribution >= 0.6 is 12.8 Å².